The first-order valence-electron chi connectivity index (χ1n) is 5.44. The fourth-order valence-corrected chi connectivity index (χ4v) is 2.61. The van der Waals surface area contributed by atoms with E-state index >= 15 is 0 Å². The summed E-state index contributed by atoms with van der Waals surface area (Å²) in [6.07, 6.45) is -0.441. The Morgan fingerprint density at radius 1 is 1.38 bits per heavy atom. The van der Waals surface area contributed by atoms with Crippen LogP contribution in [0.4, 0.5) is 4.79 Å². The number of carbonyl (C=O) groups excluding carboxylic acids is 1. The highest BCUT2D eigenvalue weighted by atomic mass is 32.1. The molecule has 0 radical (unpaired) electrons. The molecule has 1 N–H and O–H groups in total. The van der Waals surface area contributed by atoms with E-state index in [2.05, 4.69) is 25.2 Å². The highest BCUT2D eigenvalue weighted by Gasteiger charge is 2.14. The Kier molecular flexibility index (Phi) is 4.35. The lowest BCUT2D eigenvalue weighted by Crippen LogP contribution is -2.29. The summed E-state index contributed by atoms with van der Waals surface area (Å²) >= 11 is 1.75. The van der Waals surface area contributed by atoms with Gasteiger partial charge < -0.3 is 10.1 Å². The topological polar surface area (TPSA) is 38.3 Å². The molecule has 0 fully saturated rings. The van der Waals surface area contributed by atoms with Crippen molar-refractivity contribution in [3.05, 3.63) is 21.4 Å². The minimum absolute atomic E-state index is 0.00352. The largest absolute Gasteiger partial charge is 0.447 e. The Bertz CT molecular complexity index is 371. The summed E-state index contributed by atoms with van der Waals surface area (Å²) in [4.78, 5) is 13.9. The molecule has 0 saturated carbocycles. The normalized spacial score (nSPS) is 12.6. The van der Waals surface area contributed by atoms with Gasteiger partial charge in [0.1, 0.15) is 0 Å². The summed E-state index contributed by atoms with van der Waals surface area (Å²) in [5.41, 5.74) is 1.17. The van der Waals surface area contributed by atoms with Gasteiger partial charge in [0.2, 0.25) is 0 Å². The third kappa shape index (κ3) is 3.52. The van der Waals surface area contributed by atoms with Crippen LogP contribution < -0.4 is 5.32 Å². The Hall–Kier alpha value is -1.03. The van der Waals surface area contributed by atoms with Gasteiger partial charge in [0.05, 0.1) is 12.1 Å². The van der Waals surface area contributed by atoms with Crippen LogP contribution in [0.3, 0.4) is 0 Å². The van der Waals surface area contributed by atoms with Crippen molar-refractivity contribution in [3.8, 4) is 0 Å². The molecular formula is C12H19NO2S. The van der Waals surface area contributed by atoms with Gasteiger partial charge in [-0.1, -0.05) is 0 Å². The number of alkyl carbamates (subject to hydrolysis) is 1. The molecule has 0 aliphatic carbocycles. The zero-order valence-corrected chi connectivity index (χ0v) is 11.3. The van der Waals surface area contributed by atoms with E-state index in [-0.39, 0.29) is 18.2 Å². The van der Waals surface area contributed by atoms with Gasteiger partial charge in [-0.3, -0.25) is 0 Å². The molecule has 0 aliphatic heterocycles. The molecule has 1 aromatic heterocycles. The molecule has 0 aliphatic rings. The quantitative estimate of drug-likeness (QED) is 0.878. The van der Waals surface area contributed by atoms with E-state index in [1.807, 2.05) is 20.8 Å². The average Bonchev–Trinajstić information content (AvgIpc) is 2.43. The number of hydrogen-bond acceptors (Lipinski definition) is 3. The van der Waals surface area contributed by atoms with Crippen LogP contribution in [0.25, 0.3) is 0 Å². The van der Waals surface area contributed by atoms with Gasteiger partial charge >= 0.3 is 6.09 Å². The summed E-state index contributed by atoms with van der Waals surface area (Å²) < 4.78 is 5.04. The maximum atomic E-state index is 11.4. The van der Waals surface area contributed by atoms with E-state index in [9.17, 15) is 4.79 Å². The van der Waals surface area contributed by atoms with Crippen molar-refractivity contribution >= 4 is 17.4 Å². The summed E-state index contributed by atoms with van der Waals surface area (Å²) in [5.74, 6) is 0. The number of amides is 1. The van der Waals surface area contributed by atoms with Gasteiger partial charge in [0, 0.05) is 9.75 Å². The van der Waals surface area contributed by atoms with Gasteiger partial charge in [-0.25, -0.2) is 4.79 Å². The molecule has 0 bridgehead atoms. The monoisotopic (exact) mass is 241 g/mol. The van der Waals surface area contributed by atoms with Crippen molar-refractivity contribution in [2.45, 2.75) is 46.8 Å². The number of hydrogen-bond donors (Lipinski definition) is 1. The molecule has 90 valence electrons. The number of aryl methyl sites for hydroxylation is 2. The maximum Gasteiger partial charge on any atom is 0.407 e. The first kappa shape index (κ1) is 13.0. The maximum absolute atomic E-state index is 11.4. The number of rotatable bonds is 3. The summed E-state index contributed by atoms with van der Waals surface area (Å²) in [6.45, 7) is 9.78. The van der Waals surface area contributed by atoms with Gasteiger partial charge in [-0.15, -0.1) is 11.3 Å². The van der Waals surface area contributed by atoms with Crippen molar-refractivity contribution in [2.24, 2.45) is 0 Å². The van der Waals surface area contributed by atoms with Crippen LogP contribution in [-0.4, -0.2) is 12.2 Å². The van der Waals surface area contributed by atoms with Crippen LogP contribution in [0.1, 0.15) is 42.1 Å². The lowest BCUT2D eigenvalue weighted by Gasteiger charge is -2.15. The van der Waals surface area contributed by atoms with Crippen molar-refractivity contribution in [1.29, 1.82) is 0 Å². The minimum Gasteiger partial charge on any atom is -0.447 e. The third-order valence-corrected chi connectivity index (χ3v) is 3.20. The minimum atomic E-state index is -0.356. The van der Waals surface area contributed by atoms with Crippen molar-refractivity contribution in [1.82, 2.24) is 5.32 Å². The van der Waals surface area contributed by atoms with Crippen molar-refractivity contribution < 1.29 is 9.53 Å². The van der Waals surface area contributed by atoms with Crippen molar-refractivity contribution in [2.75, 3.05) is 0 Å². The van der Waals surface area contributed by atoms with E-state index < -0.39 is 0 Å². The molecule has 1 unspecified atom stereocenters. The van der Waals surface area contributed by atoms with E-state index in [4.69, 9.17) is 4.74 Å². The lowest BCUT2D eigenvalue weighted by atomic mass is 10.1. The molecule has 4 heteroatoms. The Labute approximate surface area is 101 Å². The first-order chi connectivity index (χ1) is 7.40. The summed E-state index contributed by atoms with van der Waals surface area (Å²) in [6, 6.07) is 2.11. The van der Waals surface area contributed by atoms with Crippen LogP contribution in [0.5, 0.6) is 0 Å². The highest BCUT2D eigenvalue weighted by molar-refractivity contribution is 7.12. The second-order valence-corrected chi connectivity index (χ2v) is 5.65. The molecule has 1 rings (SSSR count). The number of carbonyl (C=O) groups is 1. The molecule has 0 aromatic carbocycles. The second kappa shape index (κ2) is 5.34. The van der Waals surface area contributed by atoms with Crippen LogP contribution in [0, 0.1) is 13.8 Å². The Morgan fingerprint density at radius 3 is 2.44 bits per heavy atom. The van der Waals surface area contributed by atoms with Gasteiger partial charge in [-0.05, 0) is 46.2 Å². The fourth-order valence-electron chi connectivity index (χ4n) is 1.58. The van der Waals surface area contributed by atoms with E-state index in [0.29, 0.717) is 0 Å². The summed E-state index contributed by atoms with van der Waals surface area (Å²) in [7, 11) is 0. The van der Waals surface area contributed by atoms with Gasteiger partial charge in [-0.2, -0.15) is 0 Å². The van der Waals surface area contributed by atoms with Gasteiger partial charge in [0.25, 0.3) is 0 Å². The fraction of sp³-hybridized carbons (Fsp3) is 0.583. The summed E-state index contributed by atoms with van der Waals surface area (Å²) in [5, 5.41) is 2.83. The second-order valence-electron chi connectivity index (χ2n) is 4.19. The molecular weight excluding hydrogens is 222 g/mol. The lowest BCUT2D eigenvalue weighted by molar-refractivity contribution is 0.113. The van der Waals surface area contributed by atoms with E-state index in [0.717, 1.165) is 0 Å². The highest BCUT2D eigenvalue weighted by Crippen LogP contribution is 2.26. The predicted octanol–water partition coefficient (Wildman–Crippen LogP) is 3.56. The molecule has 1 amide bonds. The zero-order chi connectivity index (χ0) is 12.3. The average molecular weight is 241 g/mol. The smallest absolute Gasteiger partial charge is 0.407 e. The molecule has 1 aromatic rings. The van der Waals surface area contributed by atoms with Crippen LogP contribution >= 0.6 is 11.3 Å². The van der Waals surface area contributed by atoms with Crippen LogP contribution in [-0.2, 0) is 4.74 Å². The standard InChI is InChI=1S/C12H19NO2S/c1-7(2)15-12(14)13-9(4)11-6-8(3)16-10(11)5/h6-7,9H,1-5H3,(H,13,14). The van der Waals surface area contributed by atoms with Gasteiger partial charge in [0.15, 0.2) is 0 Å². The molecule has 3 nitrogen and oxygen atoms in total. The predicted molar refractivity (Wildman–Crippen MR) is 67.0 cm³/mol. The first-order valence-corrected chi connectivity index (χ1v) is 6.26. The van der Waals surface area contributed by atoms with Crippen LogP contribution in [0.2, 0.25) is 0 Å². The van der Waals surface area contributed by atoms with E-state index in [1.165, 1.54) is 15.3 Å². The Balaban J connectivity index is 2.62. The Morgan fingerprint density at radius 2 is 2.00 bits per heavy atom. The SMILES string of the molecule is Cc1cc(C(C)NC(=O)OC(C)C)c(C)s1. The molecule has 1 atom stereocenters. The molecule has 0 saturated heterocycles. The van der Waals surface area contributed by atoms with Crippen molar-refractivity contribution in [3.63, 3.8) is 0 Å². The number of thiophene rings is 1. The van der Waals surface area contributed by atoms with Crippen LogP contribution in [0.15, 0.2) is 6.07 Å². The molecule has 16 heavy (non-hydrogen) atoms. The van der Waals surface area contributed by atoms with E-state index in [1.54, 1.807) is 11.3 Å². The zero-order valence-electron chi connectivity index (χ0n) is 10.5. The molecule has 1 heterocycles. The number of ether oxygens (including phenoxy) is 1. The molecule has 0 spiro atoms. The number of nitrogens with one attached hydrogen (secondary N) is 1. The third-order valence-electron chi connectivity index (χ3n) is 2.22.